The van der Waals surface area contributed by atoms with Gasteiger partial charge >= 0.3 is 0 Å². The van der Waals surface area contributed by atoms with Gasteiger partial charge in [0.1, 0.15) is 6.04 Å². The Morgan fingerprint density at radius 2 is 2.05 bits per heavy atom. The number of nitrogens with one attached hydrogen (secondary N) is 1. The van der Waals surface area contributed by atoms with Crippen LogP contribution in [0, 0.1) is 12.3 Å². The quantitative estimate of drug-likeness (QED) is 0.906. The molecule has 21 heavy (non-hydrogen) atoms. The number of nitrogens with zero attached hydrogens (tertiary/aromatic N) is 3. The maximum Gasteiger partial charge on any atom is 0.243 e. The Bertz CT molecular complexity index is 557. The van der Waals surface area contributed by atoms with Gasteiger partial charge < -0.3 is 10.2 Å². The number of amides is 2. The molecule has 1 aromatic rings. The minimum absolute atomic E-state index is 0.0453. The Hall–Kier alpha value is -1.85. The summed E-state index contributed by atoms with van der Waals surface area (Å²) < 4.78 is 1.88. The number of carbonyl (C=O) groups is 2. The van der Waals surface area contributed by atoms with Crippen LogP contribution in [0.1, 0.15) is 39.1 Å². The minimum Gasteiger partial charge on any atom is -0.345 e. The van der Waals surface area contributed by atoms with E-state index in [0.717, 1.165) is 17.9 Å². The SMILES string of the molecule is CCn1nc(C)cc1CN1C(=O)CNC(=O)C1C(C)(C)C. The first-order chi connectivity index (χ1) is 9.74. The van der Waals surface area contributed by atoms with Gasteiger partial charge in [0.05, 0.1) is 24.5 Å². The van der Waals surface area contributed by atoms with Gasteiger partial charge in [-0.1, -0.05) is 20.8 Å². The zero-order chi connectivity index (χ0) is 15.8. The van der Waals surface area contributed by atoms with Crippen molar-refractivity contribution in [3.05, 3.63) is 17.5 Å². The van der Waals surface area contributed by atoms with Crippen LogP contribution in [-0.4, -0.2) is 39.1 Å². The standard InChI is InChI=1S/C15H24N4O2/c1-6-19-11(7-10(2)17-19)9-18-12(20)8-16-14(21)13(18)15(3,4)5/h7,13H,6,8-9H2,1-5H3,(H,16,21). The van der Waals surface area contributed by atoms with Gasteiger partial charge in [-0.15, -0.1) is 0 Å². The van der Waals surface area contributed by atoms with Crippen molar-refractivity contribution in [2.45, 2.75) is 53.8 Å². The molecule has 116 valence electrons. The number of piperazine rings is 1. The lowest BCUT2D eigenvalue weighted by atomic mass is 9.84. The summed E-state index contributed by atoms with van der Waals surface area (Å²) in [5.41, 5.74) is 1.58. The van der Waals surface area contributed by atoms with Crippen LogP contribution in [0.15, 0.2) is 6.07 Å². The van der Waals surface area contributed by atoms with Crippen LogP contribution in [0.5, 0.6) is 0 Å². The third-order valence-corrected chi connectivity index (χ3v) is 3.73. The summed E-state index contributed by atoms with van der Waals surface area (Å²) in [4.78, 5) is 26.2. The fraction of sp³-hybridized carbons (Fsp3) is 0.667. The Labute approximate surface area is 125 Å². The van der Waals surface area contributed by atoms with E-state index in [1.807, 2.05) is 45.4 Å². The molecular formula is C15H24N4O2. The molecule has 1 fully saturated rings. The average Bonchev–Trinajstić information content (AvgIpc) is 2.72. The smallest absolute Gasteiger partial charge is 0.243 e. The molecule has 0 bridgehead atoms. The molecule has 6 heteroatoms. The minimum atomic E-state index is -0.459. The lowest BCUT2D eigenvalue weighted by molar-refractivity contribution is -0.150. The topological polar surface area (TPSA) is 67.2 Å². The molecule has 1 aliphatic rings. The van der Waals surface area contributed by atoms with Gasteiger partial charge in [-0.2, -0.15) is 5.10 Å². The molecule has 1 saturated heterocycles. The lowest BCUT2D eigenvalue weighted by Gasteiger charge is -2.42. The van der Waals surface area contributed by atoms with E-state index in [2.05, 4.69) is 10.4 Å². The molecule has 2 rings (SSSR count). The predicted octanol–water partition coefficient (Wildman–Crippen LogP) is 1.08. The number of hydrogen-bond donors (Lipinski definition) is 1. The number of aryl methyl sites for hydroxylation is 2. The van der Waals surface area contributed by atoms with E-state index in [9.17, 15) is 9.59 Å². The Balaban J connectivity index is 2.33. The molecule has 2 amide bonds. The van der Waals surface area contributed by atoms with E-state index in [1.165, 1.54) is 0 Å². The number of rotatable bonds is 3. The second kappa shape index (κ2) is 5.50. The molecule has 6 nitrogen and oxygen atoms in total. The van der Waals surface area contributed by atoms with Crippen molar-refractivity contribution in [3.63, 3.8) is 0 Å². The van der Waals surface area contributed by atoms with Crippen LogP contribution in [-0.2, 0) is 22.7 Å². The highest BCUT2D eigenvalue weighted by Gasteiger charge is 2.42. The van der Waals surface area contributed by atoms with Crippen LogP contribution in [0.4, 0.5) is 0 Å². The van der Waals surface area contributed by atoms with E-state index in [1.54, 1.807) is 4.90 Å². The fourth-order valence-corrected chi connectivity index (χ4v) is 2.86. The molecule has 0 aromatic carbocycles. The Morgan fingerprint density at radius 1 is 1.38 bits per heavy atom. The van der Waals surface area contributed by atoms with Crippen molar-refractivity contribution in [3.8, 4) is 0 Å². The molecule has 2 heterocycles. The molecule has 0 saturated carbocycles. The summed E-state index contributed by atoms with van der Waals surface area (Å²) in [6.45, 7) is 11.1. The number of aromatic nitrogens is 2. The van der Waals surface area contributed by atoms with Crippen LogP contribution >= 0.6 is 0 Å². The molecule has 1 N–H and O–H groups in total. The van der Waals surface area contributed by atoms with E-state index >= 15 is 0 Å². The molecule has 1 atom stereocenters. The predicted molar refractivity (Wildman–Crippen MR) is 79.4 cm³/mol. The Morgan fingerprint density at radius 3 is 2.62 bits per heavy atom. The fourth-order valence-electron chi connectivity index (χ4n) is 2.86. The van der Waals surface area contributed by atoms with Crippen molar-refractivity contribution < 1.29 is 9.59 Å². The number of hydrogen-bond acceptors (Lipinski definition) is 3. The summed E-state index contributed by atoms with van der Waals surface area (Å²) >= 11 is 0. The van der Waals surface area contributed by atoms with Crippen LogP contribution in [0.3, 0.4) is 0 Å². The Kier molecular flexibility index (Phi) is 4.07. The summed E-state index contributed by atoms with van der Waals surface area (Å²) in [7, 11) is 0. The third kappa shape index (κ3) is 3.09. The summed E-state index contributed by atoms with van der Waals surface area (Å²) in [6.07, 6.45) is 0. The summed E-state index contributed by atoms with van der Waals surface area (Å²) in [5, 5.41) is 7.09. The lowest BCUT2D eigenvalue weighted by Crippen LogP contribution is -2.62. The first kappa shape index (κ1) is 15.5. The highest BCUT2D eigenvalue weighted by molar-refractivity contribution is 5.95. The highest BCUT2D eigenvalue weighted by atomic mass is 16.2. The normalized spacial score (nSPS) is 19.9. The largest absolute Gasteiger partial charge is 0.345 e. The van der Waals surface area contributed by atoms with Gasteiger partial charge in [0.25, 0.3) is 0 Å². The van der Waals surface area contributed by atoms with Gasteiger partial charge in [-0.25, -0.2) is 0 Å². The first-order valence-corrected chi connectivity index (χ1v) is 7.34. The molecule has 0 spiro atoms. The van der Waals surface area contributed by atoms with Gasteiger partial charge in [0.15, 0.2) is 0 Å². The molecule has 0 aliphatic carbocycles. The van der Waals surface area contributed by atoms with E-state index in [4.69, 9.17) is 0 Å². The second-order valence-corrected chi connectivity index (χ2v) is 6.60. The van der Waals surface area contributed by atoms with Gasteiger partial charge in [0.2, 0.25) is 11.8 Å². The first-order valence-electron chi connectivity index (χ1n) is 7.34. The molecule has 1 unspecified atom stereocenters. The zero-order valence-electron chi connectivity index (χ0n) is 13.4. The van der Waals surface area contributed by atoms with E-state index in [0.29, 0.717) is 6.54 Å². The maximum atomic E-state index is 12.3. The van der Waals surface area contributed by atoms with Crippen LogP contribution in [0.25, 0.3) is 0 Å². The van der Waals surface area contributed by atoms with Crippen molar-refractivity contribution in [2.24, 2.45) is 5.41 Å². The second-order valence-electron chi connectivity index (χ2n) is 6.60. The van der Waals surface area contributed by atoms with Crippen LogP contribution < -0.4 is 5.32 Å². The summed E-state index contributed by atoms with van der Waals surface area (Å²) in [5.74, 6) is -0.127. The molecular weight excluding hydrogens is 268 g/mol. The van der Waals surface area contributed by atoms with Crippen molar-refractivity contribution in [1.29, 1.82) is 0 Å². The van der Waals surface area contributed by atoms with Crippen molar-refractivity contribution in [2.75, 3.05) is 6.54 Å². The van der Waals surface area contributed by atoms with E-state index in [-0.39, 0.29) is 23.8 Å². The van der Waals surface area contributed by atoms with Crippen molar-refractivity contribution >= 4 is 11.8 Å². The van der Waals surface area contributed by atoms with E-state index < -0.39 is 6.04 Å². The van der Waals surface area contributed by atoms with Gasteiger partial charge in [-0.05, 0) is 25.3 Å². The highest BCUT2D eigenvalue weighted by Crippen LogP contribution is 2.28. The average molecular weight is 292 g/mol. The molecule has 1 aromatic heterocycles. The van der Waals surface area contributed by atoms with Crippen LogP contribution in [0.2, 0.25) is 0 Å². The monoisotopic (exact) mass is 292 g/mol. The van der Waals surface area contributed by atoms with Crippen molar-refractivity contribution in [1.82, 2.24) is 20.0 Å². The van der Waals surface area contributed by atoms with Gasteiger partial charge in [0, 0.05) is 6.54 Å². The molecule has 1 aliphatic heterocycles. The van der Waals surface area contributed by atoms with Gasteiger partial charge in [-0.3, -0.25) is 14.3 Å². The maximum absolute atomic E-state index is 12.3. The summed E-state index contributed by atoms with van der Waals surface area (Å²) in [6, 6.07) is 1.52. The zero-order valence-corrected chi connectivity index (χ0v) is 13.4. The number of carbonyl (C=O) groups excluding carboxylic acids is 2. The molecule has 0 radical (unpaired) electrons. The third-order valence-electron chi connectivity index (χ3n) is 3.73.